The molecular weight excluding hydrogens is 518 g/mol. The second kappa shape index (κ2) is 13.5. The summed E-state index contributed by atoms with van der Waals surface area (Å²) in [6, 6.07) is 10.8. The quantitative estimate of drug-likeness (QED) is 0.404. The van der Waals surface area contributed by atoms with Crippen LogP contribution in [0, 0.1) is 0 Å². The first-order chi connectivity index (χ1) is 17.5. The molecule has 0 radical (unpaired) electrons. The topological polar surface area (TPSA) is 105 Å². The van der Waals surface area contributed by atoms with Crippen LogP contribution in [-0.4, -0.2) is 64.2 Å². The molecule has 204 valence electrons. The van der Waals surface area contributed by atoms with E-state index < -0.39 is 28.5 Å². The van der Waals surface area contributed by atoms with Crippen molar-refractivity contribution in [3.63, 3.8) is 0 Å². The average molecular weight is 554 g/mol. The molecule has 0 heterocycles. The van der Waals surface area contributed by atoms with E-state index in [1.165, 1.54) is 25.2 Å². The van der Waals surface area contributed by atoms with Crippen LogP contribution in [0.1, 0.15) is 39.2 Å². The molecule has 37 heavy (non-hydrogen) atoms. The molecule has 0 saturated heterocycles. The number of carbonyl (C=O) groups excluding carboxylic acids is 2. The number of halogens is 1. The highest BCUT2D eigenvalue weighted by Gasteiger charge is 2.33. The van der Waals surface area contributed by atoms with Crippen molar-refractivity contribution in [2.45, 2.75) is 52.2 Å². The number of amides is 2. The van der Waals surface area contributed by atoms with E-state index in [1.54, 1.807) is 43.3 Å². The van der Waals surface area contributed by atoms with Gasteiger partial charge < -0.3 is 19.7 Å². The van der Waals surface area contributed by atoms with Crippen molar-refractivity contribution in [1.82, 2.24) is 10.2 Å². The van der Waals surface area contributed by atoms with E-state index >= 15 is 0 Å². The average Bonchev–Trinajstić information content (AvgIpc) is 2.86. The van der Waals surface area contributed by atoms with Crippen LogP contribution in [-0.2, 0) is 26.2 Å². The van der Waals surface area contributed by atoms with Crippen molar-refractivity contribution < 1.29 is 27.5 Å². The van der Waals surface area contributed by atoms with Gasteiger partial charge in [-0.2, -0.15) is 0 Å². The van der Waals surface area contributed by atoms with Crippen LogP contribution in [0.3, 0.4) is 0 Å². The summed E-state index contributed by atoms with van der Waals surface area (Å²) >= 11 is 6.38. The minimum absolute atomic E-state index is 0.0256. The predicted octanol–water partition coefficient (Wildman–Crippen LogP) is 3.85. The zero-order chi connectivity index (χ0) is 27.8. The van der Waals surface area contributed by atoms with E-state index in [4.69, 9.17) is 21.1 Å². The molecule has 2 aromatic carbocycles. The minimum Gasteiger partial charge on any atom is -0.497 e. The lowest BCUT2D eigenvalue weighted by Crippen LogP contribution is -2.53. The normalized spacial score (nSPS) is 12.8. The number of rotatable bonds is 13. The van der Waals surface area contributed by atoms with Gasteiger partial charge in [0, 0.05) is 23.7 Å². The van der Waals surface area contributed by atoms with Crippen molar-refractivity contribution in [3.8, 4) is 11.5 Å². The van der Waals surface area contributed by atoms with Crippen molar-refractivity contribution in [1.29, 1.82) is 0 Å². The van der Waals surface area contributed by atoms with Gasteiger partial charge in [0.1, 0.15) is 24.1 Å². The maximum atomic E-state index is 13.8. The molecule has 0 bridgehead atoms. The Labute approximate surface area is 224 Å². The molecule has 0 unspecified atom stereocenters. The number of ether oxygens (including phenoxy) is 2. The highest BCUT2D eigenvalue weighted by Crippen LogP contribution is 2.34. The second-order valence-electron chi connectivity index (χ2n) is 8.66. The van der Waals surface area contributed by atoms with Gasteiger partial charge >= 0.3 is 0 Å². The first-order valence-corrected chi connectivity index (χ1v) is 14.2. The van der Waals surface area contributed by atoms with Gasteiger partial charge in [-0.1, -0.05) is 43.6 Å². The molecule has 1 N–H and O–H groups in total. The third kappa shape index (κ3) is 8.00. The monoisotopic (exact) mass is 553 g/mol. The summed E-state index contributed by atoms with van der Waals surface area (Å²) in [5.74, 6) is -0.245. The van der Waals surface area contributed by atoms with Gasteiger partial charge in [-0.25, -0.2) is 8.42 Å². The first-order valence-electron chi connectivity index (χ1n) is 12.0. The van der Waals surface area contributed by atoms with Gasteiger partial charge in [0.05, 0.1) is 26.2 Å². The lowest BCUT2D eigenvalue weighted by Gasteiger charge is -2.33. The number of sulfonamides is 1. The highest BCUT2D eigenvalue weighted by atomic mass is 35.5. The maximum Gasteiger partial charge on any atom is 0.244 e. The molecule has 0 saturated carbocycles. The summed E-state index contributed by atoms with van der Waals surface area (Å²) in [5, 5.41) is 3.37. The molecule has 0 aliphatic rings. The number of hydrogen-bond acceptors (Lipinski definition) is 6. The van der Waals surface area contributed by atoms with Crippen LogP contribution in [0.4, 0.5) is 5.69 Å². The lowest BCUT2D eigenvalue weighted by atomic mass is 10.1. The smallest absolute Gasteiger partial charge is 0.244 e. The SMILES string of the molecule is CC[C@H](C(=O)N[C@@H](C)CC)N(Cc1ccccc1Cl)C(=O)CN(c1cc(OC)ccc1OC)S(C)(=O)=O. The van der Waals surface area contributed by atoms with Crippen LogP contribution in [0.2, 0.25) is 5.02 Å². The Bertz CT molecular complexity index is 1190. The van der Waals surface area contributed by atoms with E-state index in [9.17, 15) is 18.0 Å². The highest BCUT2D eigenvalue weighted by molar-refractivity contribution is 7.92. The fourth-order valence-corrected chi connectivity index (χ4v) is 4.80. The van der Waals surface area contributed by atoms with Gasteiger partial charge in [-0.3, -0.25) is 13.9 Å². The van der Waals surface area contributed by atoms with E-state index in [2.05, 4.69) is 5.32 Å². The number of benzene rings is 2. The Hall–Kier alpha value is -2.98. The van der Waals surface area contributed by atoms with E-state index in [0.29, 0.717) is 22.8 Å². The first kappa shape index (κ1) is 30.2. The molecule has 2 atom stereocenters. The summed E-state index contributed by atoms with van der Waals surface area (Å²) < 4.78 is 37.4. The van der Waals surface area contributed by atoms with Crippen LogP contribution < -0.4 is 19.1 Å². The minimum atomic E-state index is -3.94. The molecule has 9 nitrogen and oxygen atoms in total. The number of carbonyl (C=O) groups is 2. The van der Waals surface area contributed by atoms with Gasteiger partial charge in [-0.05, 0) is 43.5 Å². The largest absolute Gasteiger partial charge is 0.497 e. The maximum absolute atomic E-state index is 13.8. The molecule has 2 rings (SSSR count). The van der Waals surface area contributed by atoms with Crippen LogP contribution in [0.5, 0.6) is 11.5 Å². The Morgan fingerprint density at radius 1 is 1.05 bits per heavy atom. The summed E-state index contributed by atoms with van der Waals surface area (Å²) in [7, 11) is -1.08. The van der Waals surface area contributed by atoms with Crippen molar-refractivity contribution in [2.75, 3.05) is 31.3 Å². The molecule has 0 spiro atoms. The molecular formula is C26H36ClN3O6S. The fourth-order valence-electron chi connectivity index (χ4n) is 3.76. The van der Waals surface area contributed by atoms with Gasteiger partial charge in [0.2, 0.25) is 21.8 Å². The molecule has 2 aromatic rings. The Morgan fingerprint density at radius 3 is 2.27 bits per heavy atom. The lowest BCUT2D eigenvalue weighted by molar-refractivity contribution is -0.140. The standard InChI is InChI=1S/C26H36ClN3O6S/c1-7-18(3)28-26(32)22(8-2)29(16-19-11-9-10-12-21(19)27)25(31)17-30(37(6,33)34)23-15-20(35-4)13-14-24(23)36-5/h9-15,18,22H,7-8,16-17H2,1-6H3,(H,28,32)/t18-,22+/m0/s1. The van der Waals surface area contributed by atoms with E-state index in [1.807, 2.05) is 13.8 Å². The Balaban J connectivity index is 2.54. The zero-order valence-electron chi connectivity index (χ0n) is 22.2. The van der Waals surface area contributed by atoms with E-state index in [0.717, 1.165) is 17.0 Å². The number of nitrogens with one attached hydrogen (secondary N) is 1. The Morgan fingerprint density at radius 2 is 1.73 bits per heavy atom. The summed E-state index contributed by atoms with van der Waals surface area (Å²) in [6.45, 7) is 5.10. The Kier molecular flexibility index (Phi) is 11.1. The molecule has 0 aromatic heterocycles. The summed E-state index contributed by atoms with van der Waals surface area (Å²) in [4.78, 5) is 28.4. The van der Waals surface area contributed by atoms with Gasteiger partial charge in [0.15, 0.2) is 0 Å². The van der Waals surface area contributed by atoms with Crippen molar-refractivity contribution in [2.24, 2.45) is 0 Å². The van der Waals surface area contributed by atoms with Crippen LogP contribution >= 0.6 is 11.6 Å². The molecule has 0 aliphatic carbocycles. The number of anilines is 1. The molecule has 2 amide bonds. The fraction of sp³-hybridized carbons (Fsp3) is 0.462. The predicted molar refractivity (Wildman–Crippen MR) is 146 cm³/mol. The zero-order valence-corrected chi connectivity index (χ0v) is 23.7. The second-order valence-corrected chi connectivity index (χ2v) is 11.0. The molecule has 0 aliphatic heterocycles. The third-order valence-corrected chi connectivity index (χ3v) is 7.51. The number of hydrogen-bond donors (Lipinski definition) is 1. The van der Waals surface area contributed by atoms with E-state index in [-0.39, 0.29) is 29.9 Å². The van der Waals surface area contributed by atoms with Gasteiger partial charge in [-0.15, -0.1) is 0 Å². The van der Waals surface area contributed by atoms with Crippen LogP contribution in [0.15, 0.2) is 42.5 Å². The van der Waals surface area contributed by atoms with Crippen molar-refractivity contribution in [3.05, 3.63) is 53.1 Å². The number of nitrogens with zero attached hydrogens (tertiary/aromatic N) is 2. The van der Waals surface area contributed by atoms with Crippen LogP contribution in [0.25, 0.3) is 0 Å². The van der Waals surface area contributed by atoms with Gasteiger partial charge in [0.25, 0.3) is 0 Å². The number of methoxy groups -OCH3 is 2. The summed E-state index contributed by atoms with van der Waals surface area (Å²) in [5.41, 5.74) is 0.782. The summed E-state index contributed by atoms with van der Waals surface area (Å²) in [6.07, 6.45) is 2.04. The molecule has 0 fully saturated rings. The third-order valence-electron chi connectivity index (χ3n) is 6.02. The van der Waals surface area contributed by atoms with Crippen molar-refractivity contribution >= 4 is 39.1 Å². The molecule has 11 heteroatoms.